The van der Waals surface area contributed by atoms with Crippen molar-refractivity contribution in [3.05, 3.63) is 34.4 Å². The summed E-state index contributed by atoms with van der Waals surface area (Å²) < 4.78 is 0. The molecule has 18 heavy (non-hydrogen) atoms. The van der Waals surface area contributed by atoms with E-state index < -0.39 is 0 Å². The number of benzene rings is 1. The van der Waals surface area contributed by atoms with Crippen LogP contribution in [0, 0.1) is 20.8 Å². The monoisotopic (exact) mass is 246 g/mol. The molecule has 1 aromatic carbocycles. The molecule has 1 saturated heterocycles. The van der Waals surface area contributed by atoms with Crippen molar-refractivity contribution in [2.45, 2.75) is 46.2 Å². The highest BCUT2D eigenvalue weighted by atomic mass is 16.1. The van der Waals surface area contributed by atoms with E-state index in [4.69, 9.17) is 0 Å². The largest absolute Gasteiger partial charge is 0.352 e. The van der Waals surface area contributed by atoms with Crippen molar-refractivity contribution in [3.63, 3.8) is 0 Å². The Morgan fingerprint density at radius 2 is 1.94 bits per heavy atom. The van der Waals surface area contributed by atoms with E-state index in [9.17, 15) is 4.79 Å². The summed E-state index contributed by atoms with van der Waals surface area (Å²) in [6.45, 7) is 8.18. The third-order valence-corrected chi connectivity index (χ3v) is 3.74. The van der Waals surface area contributed by atoms with Crippen molar-refractivity contribution in [1.29, 1.82) is 0 Å². The topological polar surface area (TPSA) is 41.1 Å². The lowest BCUT2D eigenvalue weighted by atomic mass is 10.0. The Balaban J connectivity index is 1.86. The fourth-order valence-electron chi connectivity index (χ4n) is 2.42. The van der Waals surface area contributed by atoms with Crippen LogP contribution >= 0.6 is 0 Å². The van der Waals surface area contributed by atoms with Crippen LogP contribution < -0.4 is 10.6 Å². The molecule has 3 heteroatoms. The molecule has 1 amide bonds. The van der Waals surface area contributed by atoms with Crippen molar-refractivity contribution >= 4 is 5.91 Å². The van der Waals surface area contributed by atoms with Crippen LogP contribution in [0.25, 0.3) is 0 Å². The molecule has 0 spiro atoms. The molecular formula is C15H22N2O. The van der Waals surface area contributed by atoms with Crippen LogP contribution in [0.4, 0.5) is 0 Å². The SMILES string of the molecule is Cc1cc(C)c(CNCC2CCC(=O)N2)cc1C. The van der Waals surface area contributed by atoms with Crippen molar-refractivity contribution in [1.82, 2.24) is 10.6 Å². The first-order valence-corrected chi connectivity index (χ1v) is 6.63. The Labute approximate surface area is 109 Å². The maximum atomic E-state index is 11.1. The zero-order valence-electron chi connectivity index (χ0n) is 11.5. The second kappa shape index (κ2) is 5.53. The Kier molecular flexibility index (Phi) is 4.02. The van der Waals surface area contributed by atoms with Gasteiger partial charge in [-0.1, -0.05) is 12.1 Å². The van der Waals surface area contributed by atoms with Crippen LogP contribution in [0.2, 0.25) is 0 Å². The molecule has 3 nitrogen and oxygen atoms in total. The molecule has 1 unspecified atom stereocenters. The molecule has 0 saturated carbocycles. The summed E-state index contributed by atoms with van der Waals surface area (Å²) in [7, 11) is 0. The molecule has 2 rings (SSSR count). The van der Waals surface area contributed by atoms with Crippen LogP contribution in [0.3, 0.4) is 0 Å². The normalized spacial score (nSPS) is 19.1. The predicted molar refractivity (Wildman–Crippen MR) is 73.5 cm³/mol. The third-order valence-electron chi connectivity index (χ3n) is 3.74. The summed E-state index contributed by atoms with van der Waals surface area (Å²) in [6, 6.07) is 4.80. The smallest absolute Gasteiger partial charge is 0.220 e. The lowest BCUT2D eigenvalue weighted by Gasteiger charge is -2.14. The molecule has 1 heterocycles. The van der Waals surface area contributed by atoms with Crippen LogP contribution in [0.5, 0.6) is 0 Å². The van der Waals surface area contributed by atoms with E-state index in [0.29, 0.717) is 12.5 Å². The minimum Gasteiger partial charge on any atom is -0.352 e. The van der Waals surface area contributed by atoms with E-state index in [2.05, 4.69) is 43.5 Å². The molecule has 0 aliphatic carbocycles. The Morgan fingerprint density at radius 3 is 2.61 bits per heavy atom. The molecule has 1 aromatic rings. The standard InChI is InChI=1S/C15H22N2O/c1-10-6-12(3)13(7-11(10)2)8-16-9-14-4-5-15(18)17-14/h6-7,14,16H,4-5,8-9H2,1-3H3,(H,17,18). The lowest BCUT2D eigenvalue weighted by molar-refractivity contribution is -0.119. The molecular weight excluding hydrogens is 224 g/mol. The summed E-state index contributed by atoms with van der Waals surface area (Å²) in [4.78, 5) is 11.1. The van der Waals surface area contributed by atoms with Gasteiger partial charge in [-0.2, -0.15) is 0 Å². The summed E-state index contributed by atoms with van der Waals surface area (Å²) in [5.41, 5.74) is 5.37. The molecule has 1 aliphatic rings. The van der Waals surface area contributed by atoms with Crippen molar-refractivity contribution < 1.29 is 4.79 Å². The first-order chi connectivity index (χ1) is 8.56. The number of aryl methyl sites for hydroxylation is 3. The molecule has 0 radical (unpaired) electrons. The predicted octanol–water partition coefficient (Wildman–Crippen LogP) is 1.98. The van der Waals surface area contributed by atoms with E-state index in [-0.39, 0.29) is 5.91 Å². The second-order valence-electron chi connectivity index (χ2n) is 5.30. The van der Waals surface area contributed by atoms with Gasteiger partial charge in [0.2, 0.25) is 5.91 Å². The zero-order valence-corrected chi connectivity index (χ0v) is 11.5. The van der Waals surface area contributed by atoms with Gasteiger partial charge in [0.05, 0.1) is 0 Å². The zero-order chi connectivity index (χ0) is 13.1. The number of rotatable bonds is 4. The van der Waals surface area contributed by atoms with Gasteiger partial charge in [0.15, 0.2) is 0 Å². The molecule has 0 aromatic heterocycles. The van der Waals surface area contributed by atoms with Crippen LogP contribution in [-0.4, -0.2) is 18.5 Å². The molecule has 1 aliphatic heterocycles. The Bertz CT molecular complexity index is 454. The summed E-state index contributed by atoms with van der Waals surface area (Å²) >= 11 is 0. The number of hydrogen-bond acceptors (Lipinski definition) is 2. The lowest BCUT2D eigenvalue weighted by Crippen LogP contribution is -2.35. The van der Waals surface area contributed by atoms with Crippen molar-refractivity contribution in [2.24, 2.45) is 0 Å². The van der Waals surface area contributed by atoms with E-state index in [1.807, 2.05) is 0 Å². The van der Waals surface area contributed by atoms with Gasteiger partial charge in [-0.15, -0.1) is 0 Å². The van der Waals surface area contributed by atoms with Crippen LogP contribution in [0.15, 0.2) is 12.1 Å². The Hall–Kier alpha value is -1.35. The van der Waals surface area contributed by atoms with Crippen LogP contribution in [0.1, 0.15) is 35.1 Å². The van der Waals surface area contributed by atoms with Gasteiger partial charge in [0.25, 0.3) is 0 Å². The van der Waals surface area contributed by atoms with E-state index >= 15 is 0 Å². The van der Waals surface area contributed by atoms with E-state index in [0.717, 1.165) is 19.5 Å². The van der Waals surface area contributed by atoms with Gasteiger partial charge >= 0.3 is 0 Å². The minimum absolute atomic E-state index is 0.184. The highest BCUT2D eigenvalue weighted by Crippen LogP contribution is 2.15. The molecule has 2 N–H and O–H groups in total. The van der Waals surface area contributed by atoms with Gasteiger partial charge in [0.1, 0.15) is 0 Å². The van der Waals surface area contributed by atoms with Gasteiger partial charge in [-0.05, 0) is 49.4 Å². The third kappa shape index (κ3) is 3.10. The highest BCUT2D eigenvalue weighted by Gasteiger charge is 2.19. The maximum absolute atomic E-state index is 11.1. The average molecular weight is 246 g/mol. The number of carbonyl (C=O) groups excluding carboxylic acids is 1. The molecule has 0 bridgehead atoms. The Morgan fingerprint density at radius 1 is 1.22 bits per heavy atom. The second-order valence-corrected chi connectivity index (χ2v) is 5.30. The molecule has 1 fully saturated rings. The summed E-state index contributed by atoms with van der Waals surface area (Å²) in [5, 5.41) is 6.41. The average Bonchev–Trinajstić information content (AvgIpc) is 2.71. The molecule has 1 atom stereocenters. The van der Waals surface area contributed by atoms with Gasteiger partial charge < -0.3 is 10.6 Å². The fraction of sp³-hybridized carbons (Fsp3) is 0.533. The van der Waals surface area contributed by atoms with Crippen molar-refractivity contribution in [2.75, 3.05) is 6.54 Å². The fourth-order valence-corrected chi connectivity index (χ4v) is 2.42. The van der Waals surface area contributed by atoms with E-state index in [1.54, 1.807) is 0 Å². The quantitative estimate of drug-likeness (QED) is 0.853. The number of amides is 1. The van der Waals surface area contributed by atoms with Gasteiger partial charge in [-0.3, -0.25) is 4.79 Å². The number of nitrogens with one attached hydrogen (secondary N) is 2. The first kappa shape index (κ1) is 13.1. The van der Waals surface area contributed by atoms with E-state index in [1.165, 1.54) is 22.3 Å². The molecule has 98 valence electrons. The summed E-state index contributed by atoms with van der Waals surface area (Å²) in [6.07, 6.45) is 1.63. The van der Waals surface area contributed by atoms with Crippen molar-refractivity contribution in [3.8, 4) is 0 Å². The number of carbonyl (C=O) groups is 1. The highest BCUT2D eigenvalue weighted by molar-refractivity contribution is 5.78. The number of hydrogen-bond donors (Lipinski definition) is 2. The van der Waals surface area contributed by atoms with Gasteiger partial charge in [-0.25, -0.2) is 0 Å². The minimum atomic E-state index is 0.184. The van der Waals surface area contributed by atoms with Gasteiger partial charge in [0, 0.05) is 25.6 Å². The maximum Gasteiger partial charge on any atom is 0.220 e. The first-order valence-electron chi connectivity index (χ1n) is 6.63. The van der Waals surface area contributed by atoms with Crippen LogP contribution in [-0.2, 0) is 11.3 Å². The summed E-state index contributed by atoms with van der Waals surface area (Å²) in [5.74, 6) is 0.184.